The molecule has 0 radical (unpaired) electrons. The first-order chi connectivity index (χ1) is 10.5. The molecule has 0 saturated heterocycles. The second-order valence-electron chi connectivity index (χ2n) is 8.67. The van der Waals surface area contributed by atoms with E-state index in [-0.39, 0.29) is 5.41 Å². The Kier molecular flexibility index (Phi) is 7.09. The van der Waals surface area contributed by atoms with Crippen LogP contribution in [0.15, 0.2) is 24.3 Å². The van der Waals surface area contributed by atoms with Gasteiger partial charge in [0.15, 0.2) is 0 Å². The van der Waals surface area contributed by atoms with Crippen molar-refractivity contribution in [3.05, 3.63) is 29.8 Å². The number of hydrogen-bond acceptors (Lipinski definition) is 3. The van der Waals surface area contributed by atoms with Gasteiger partial charge >= 0.3 is 0 Å². The summed E-state index contributed by atoms with van der Waals surface area (Å²) in [5.41, 5.74) is 1.76. The fourth-order valence-corrected chi connectivity index (χ4v) is 3.05. The summed E-state index contributed by atoms with van der Waals surface area (Å²) in [4.78, 5) is 0. The van der Waals surface area contributed by atoms with Crippen LogP contribution in [0.3, 0.4) is 0 Å². The molecule has 3 nitrogen and oxygen atoms in total. The molecule has 0 heterocycles. The predicted octanol–water partition coefficient (Wildman–Crippen LogP) is 4.14. The Bertz CT molecular complexity index is 458. The van der Waals surface area contributed by atoms with Gasteiger partial charge in [-0.15, -0.1) is 0 Å². The predicted molar refractivity (Wildman–Crippen MR) is 98.2 cm³/mol. The van der Waals surface area contributed by atoms with Crippen LogP contribution in [0, 0.1) is 5.41 Å². The maximum absolute atomic E-state index is 9.88. The summed E-state index contributed by atoms with van der Waals surface area (Å²) in [5, 5.41) is 13.1. The van der Waals surface area contributed by atoms with E-state index in [1.807, 2.05) is 12.1 Å². The molecule has 0 aliphatic rings. The van der Waals surface area contributed by atoms with E-state index >= 15 is 0 Å². The zero-order chi connectivity index (χ0) is 17.7. The maximum Gasteiger partial charge on any atom is 0.119 e. The maximum atomic E-state index is 9.88. The van der Waals surface area contributed by atoms with E-state index in [1.54, 1.807) is 0 Å². The van der Waals surface area contributed by atoms with Crippen molar-refractivity contribution < 1.29 is 9.84 Å². The second-order valence-corrected chi connectivity index (χ2v) is 8.67. The molecule has 0 aliphatic carbocycles. The molecular weight excluding hydrogens is 286 g/mol. The van der Waals surface area contributed by atoms with Crippen molar-refractivity contribution in [1.82, 2.24) is 5.32 Å². The normalized spacial score (nSPS) is 14.1. The van der Waals surface area contributed by atoms with Crippen molar-refractivity contribution in [2.75, 3.05) is 13.2 Å². The van der Waals surface area contributed by atoms with Crippen molar-refractivity contribution in [3.8, 4) is 5.75 Å². The van der Waals surface area contributed by atoms with Crippen LogP contribution in [0.25, 0.3) is 0 Å². The number of aliphatic hydroxyl groups is 1. The summed E-state index contributed by atoms with van der Waals surface area (Å²) in [5.74, 6) is 0.809. The van der Waals surface area contributed by atoms with Gasteiger partial charge in [0.05, 0.1) is 0 Å². The molecule has 0 saturated carbocycles. The van der Waals surface area contributed by atoms with Gasteiger partial charge in [-0.05, 0) is 34.9 Å². The van der Waals surface area contributed by atoms with Crippen LogP contribution in [0.2, 0.25) is 0 Å². The SMILES string of the molecule is CC(C)NCC(O)COc1ccc(C(C)(C)CC(C)(C)C)cc1. The third-order valence-electron chi connectivity index (χ3n) is 3.81. The highest BCUT2D eigenvalue weighted by Gasteiger charge is 2.27. The molecule has 0 amide bonds. The van der Waals surface area contributed by atoms with Crippen LogP contribution in [-0.4, -0.2) is 30.4 Å². The minimum Gasteiger partial charge on any atom is -0.491 e. The summed E-state index contributed by atoms with van der Waals surface area (Å²) in [6, 6.07) is 8.65. The summed E-state index contributed by atoms with van der Waals surface area (Å²) < 4.78 is 5.68. The average Bonchev–Trinajstić information content (AvgIpc) is 2.40. The summed E-state index contributed by atoms with van der Waals surface area (Å²) >= 11 is 0. The van der Waals surface area contributed by atoms with Gasteiger partial charge < -0.3 is 15.2 Å². The lowest BCUT2D eigenvalue weighted by Crippen LogP contribution is -2.35. The lowest BCUT2D eigenvalue weighted by atomic mass is 9.72. The van der Waals surface area contributed by atoms with E-state index in [9.17, 15) is 5.11 Å². The molecule has 1 unspecified atom stereocenters. The van der Waals surface area contributed by atoms with Gasteiger partial charge in [-0.25, -0.2) is 0 Å². The van der Waals surface area contributed by atoms with Crippen LogP contribution in [0.4, 0.5) is 0 Å². The van der Waals surface area contributed by atoms with Crippen LogP contribution in [-0.2, 0) is 5.41 Å². The number of benzene rings is 1. The molecular formula is C20H35NO2. The second kappa shape index (κ2) is 8.16. The van der Waals surface area contributed by atoms with Gasteiger partial charge in [0, 0.05) is 12.6 Å². The molecule has 0 aliphatic heterocycles. The van der Waals surface area contributed by atoms with Gasteiger partial charge in [0.25, 0.3) is 0 Å². The average molecular weight is 322 g/mol. The van der Waals surface area contributed by atoms with Crippen LogP contribution in [0.5, 0.6) is 5.75 Å². The molecule has 1 aromatic rings. The summed E-state index contributed by atoms with van der Waals surface area (Å²) in [6.45, 7) is 16.4. The van der Waals surface area contributed by atoms with Crippen molar-refractivity contribution in [1.29, 1.82) is 0 Å². The minimum absolute atomic E-state index is 0.136. The highest BCUT2D eigenvalue weighted by molar-refractivity contribution is 5.31. The molecule has 3 heteroatoms. The van der Waals surface area contributed by atoms with Crippen LogP contribution >= 0.6 is 0 Å². The number of aliphatic hydroxyl groups excluding tert-OH is 1. The Balaban J connectivity index is 2.56. The van der Waals surface area contributed by atoms with Crippen LogP contribution < -0.4 is 10.1 Å². The molecule has 132 valence electrons. The van der Waals surface area contributed by atoms with Gasteiger partial charge in [0.1, 0.15) is 18.5 Å². The first-order valence-corrected chi connectivity index (χ1v) is 8.64. The Morgan fingerprint density at radius 3 is 2.09 bits per heavy atom. The highest BCUT2D eigenvalue weighted by Crippen LogP contribution is 2.36. The zero-order valence-corrected chi connectivity index (χ0v) is 15.9. The largest absolute Gasteiger partial charge is 0.491 e. The van der Waals surface area contributed by atoms with E-state index < -0.39 is 6.10 Å². The fraction of sp³-hybridized carbons (Fsp3) is 0.700. The first kappa shape index (κ1) is 20.0. The smallest absolute Gasteiger partial charge is 0.119 e. The quantitative estimate of drug-likeness (QED) is 0.756. The molecule has 1 atom stereocenters. The number of hydrogen-bond donors (Lipinski definition) is 2. The van der Waals surface area contributed by atoms with E-state index in [4.69, 9.17) is 4.74 Å². The number of nitrogens with one attached hydrogen (secondary N) is 1. The van der Waals surface area contributed by atoms with Gasteiger partial charge in [-0.2, -0.15) is 0 Å². The van der Waals surface area contributed by atoms with Gasteiger partial charge in [-0.3, -0.25) is 0 Å². The van der Waals surface area contributed by atoms with E-state index in [2.05, 4.69) is 65.9 Å². The Morgan fingerprint density at radius 2 is 1.61 bits per heavy atom. The Labute approximate surface area is 142 Å². The molecule has 1 aromatic carbocycles. The standard InChI is InChI=1S/C20H35NO2/c1-15(2)21-12-17(22)13-23-18-10-8-16(9-11-18)20(6,7)14-19(3,4)5/h8-11,15,17,21-22H,12-14H2,1-7H3. The fourth-order valence-electron chi connectivity index (χ4n) is 3.05. The molecule has 0 fully saturated rings. The van der Waals surface area contributed by atoms with Gasteiger partial charge in [0.2, 0.25) is 0 Å². The lowest BCUT2D eigenvalue weighted by molar-refractivity contribution is 0.104. The van der Waals surface area contributed by atoms with E-state index in [1.165, 1.54) is 5.56 Å². The number of rotatable bonds is 8. The first-order valence-electron chi connectivity index (χ1n) is 8.64. The van der Waals surface area contributed by atoms with Crippen LogP contribution in [0.1, 0.15) is 60.5 Å². The third-order valence-corrected chi connectivity index (χ3v) is 3.81. The topological polar surface area (TPSA) is 41.5 Å². The molecule has 0 aromatic heterocycles. The Hall–Kier alpha value is -1.06. The van der Waals surface area contributed by atoms with Crippen molar-refractivity contribution in [3.63, 3.8) is 0 Å². The minimum atomic E-state index is -0.491. The van der Waals surface area contributed by atoms with E-state index in [0.29, 0.717) is 24.6 Å². The summed E-state index contributed by atoms with van der Waals surface area (Å²) in [7, 11) is 0. The highest BCUT2D eigenvalue weighted by atomic mass is 16.5. The van der Waals surface area contributed by atoms with Crippen molar-refractivity contribution >= 4 is 0 Å². The molecule has 0 spiro atoms. The summed E-state index contributed by atoms with van der Waals surface area (Å²) in [6.07, 6.45) is 0.634. The third kappa shape index (κ3) is 7.85. The van der Waals surface area contributed by atoms with E-state index in [0.717, 1.165) is 12.2 Å². The molecule has 0 bridgehead atoms. The van der Waals surface area contributed by atoms with Gasteiger partial charge in [-0.1, -0.05) is 60.6 Å². The van der Waals surface area contributed by atoms with Crippen molar-refractivity contribution in [2.24, 2.45) is 5.41 Å². The molecule has 2 N–H and O–H groups in total. The zero-order valence-electron chi connectivity index (χ0n) is 15.9. The number of ether oxygens (including phenoxy) is 1. The molecule has 23 heavy (non-hydrogen) atoms. The monoisotopic (exact) mass is 321 g/mol. The van der Waals surface area contributed by atoms with Crippen molar-refractivity contribution in [2.45, 2.75) is 72.4 Å². The Morgan fingerprint density at radius 1 is 1.04 bits per heavy atom. The lowest BCUT2D eigenvalue weighted by Gasteiger charge is -2.33. The molecule has 1 rings (SSSR count).